The number of nitrogens with one attached hydrogen (secondary N) is 1. The van der Waals surface area contributed by atoms with Crippen LogP contribution in [0.3, 0.4) is 0 Å². The van der Waals surface area contributed by atoms with Gasteiger partial charge in [-0.3, -0.25) is 4.98 Å². The van der Waals surface area contributed by atoms with Gasteiger partial charge in [-0.05, 0) is 43.2 Å². The highest BCUT2D eigenvalue weighted by atomic mass is 127. The number of aliphatic imine (C=N–C) groups is 1. The van der Waals surface area contributed by atoms with E-state index in [1.807, 2.05) is 31.4 Å². The maximum Gasteiger partial charge on any atom is 0.194 e. The van der Waals surface area contributed by atoms with Gasteiger partial charge in [0, 0.05) is 26.3 Å². The zero-order chi connectivity index (χ0) is 18.4. The van der Waals surface area contributed by atoms with Gasteiger partial charge in [0.1, 0.15) is 13.2 Å². The van der Waals surface area contributed by atoms with Gasteiger partial charge >= 0.3 is 0 Å². The molecule has 0 atom stereocenters. The summed E-state index contributed by atoms with van der Waals surface area (Å²) in [6, 6.07) is 10.1. The summed E-state index contributed by atoms with van der Waals surface area (Å²) in [7, 11) is 2.03. The lowest BCUT2D eigenvalue weighted by Crippen LogP contribution is -2.38. The minimum absolute atomic E-state index is 0. The van der Waals surface area contributed by atoms with E-state index in [-0.39, 0.29) is 24.0 Å². The number of halogens is 1. The van der Waals surface area contributed by atoms with Crippen LogP contribution in [0.25, 0.3) is 0 Å². The molecule has 1 aliphatic rings. The second-order valence-electron chi connectivity index (χ2n) is 6.27. The second kappa shape index (κ2) is 10.3. The fourth-order valence-corrected chi connectivity index (χ4v) is 2.84. The van der Waals surface area contributed by atoms with Gasteiger partial charge < -0.3 is 19.7 Å². The summed E-state index contributed by atoms with van der Waals surface area (Å²) < 4.78 is 11.3. The topological polar surface area (TPSA) is 59.0 Å². The molecule has 0 fully saturated rings. The van der Waals surface area contributed by atoms with Crippen LogP contribution < -0.4 is 14.8 Å². The van der Waals surface area contributed by atoms with Crippen molar-refractivity contribution in [3.63, 3.8) is 0 Å². The molecule has 0 radical (unpaired) electrons. The van der Waals surface area contributed by atoms with Gasteiger partial charge in [-0.1, -0.05) is 12.1 Å². The second-order valence-corrected chi connectivity index (χ2v) is 6.27. The Labute approximate surface area is 178 Å². The zero-order valence-electron chi connectivity index (χ0n) is 16.1. The summed E-state index contributed by atoms with van der Waals surface area (Å²) in [6.07, 6.45) is 1.81. The molecule has 1 aliphatic heterocycles. The van der Waals surface area contributed by atoms with E-state index in [1.165, 1.54) is 0 Å². The number of aryl methyl sites for hydroxylation is 1. The van der Waals surface area contributed by atoms with Crippen molar-refractivity contribution >= 4 is 29.9 Å². The lowest BCUT2D eigenvalue weighted by atomic mass is 10.2. The molecule has 0 amide bonds. The van der Waals surface area contributed by atoms with Gasteiger partial charge in [0.25, 0.3) is 0 Å². The van der Waals surface area contributed by atoms with E-state index in [4.69, 9.17) is 14.5 Å². The number of benzene rings is 1. The van der Waals surface area contributed by atoms with E-state index >= 15 is 0 Å². The highest BCUT2D eigenvalue weighted by Gasteiger charge is 2.13. The molecular formula is C20H27IN4O2. The summed E-state index contributed by atoms with van der Waals surface area (Å²) in [6.45, 7) is 7.43. The number of rotatable bonds is 5. The Hall–Kier alpha value is -2.03. The van der Waals surface area contributed by atoms with Gasteiger partial charge in [-0.15, -0.1) is 24.0 Å². The Bertz CT molecular complexity index is 782. The number of nitrogens with zero attached hydrogens (tertiary/aromatic N) is 3. The van der Waals surface area contributed by atoms with E-state index in [0.717, 1.165) is 47.4 Å². The van der Waals surface area contributed by atoms with E-state index in [0.29, 0.717) is 19.8 Å². The molecule has 2 heterocycles. The van der Waals surface area contributed by atoms with Crippen molar-refractivity contribution in [1.82, 2.24) is 15.2 Å². The smallest absolute Gasteiger partial charge is 0.194 e. The van der Waals surface area contributed by atoms with Crippen molar-refractivity contribution in [2.75, 3.05) is 26.8 Å². The van der Waals surface area contributed by atoms with Gasteiger partial charge in [0.05, 0.1) is 12.2 Å². The van der Waals surface area contributed by atoms with Crippen LogP contribution in [0.15, 0.2) is 41.5 Å². The van der Waals surface area contributed by atoms with Crippen LogP contribution in [0.4, 0.5) is 0 Å². The lowest BCUT2D eigenvalue weighted by Gasteiger charge is -2.24. The highest BCUT2D eigenvalue weighted by molar-refractivity contribution is 14.0. The zero-order valence-corrected chi connectivity index (χ0v) is 18.4. The molecule has 146 valence electrons. The van der Waals surface area contributed by atoms with Crippen LogP contribution in [0.5, 0.6) is 11.5 Å². The van der Waals surface area contributed by atoms with E-state index in [2.05, 4.69) is 41.2 Å². The Morgan fingerprint density at radius 1 is 1.22 bits per heavy atom. The van der Waals surface area contributed by atoms with Crippen LogP contribution in [-0.4, -0.2) is 42.6 Å². The van der Waals surface area contributed by atoms with Gasteiger partial charge in [0.15, 0.2) is 17.5 Å². The van der Waals surface area contributed by atoms with E-state index < -0.39 is 0 Å². The molecule has 1 aromatic carbocycles. The third-order valence-corrected chi connectivity index (χ3v) is 4.22. The molecule has 0 saturated heterocycles. The molecule has 6 nitrogen and oxygen atoms in total. The normalized spacial score (nSPS) is 12.9. The first-order valence-electron chi connectivity index (χ1n) is 8.96. The molecule has 3 rings (SSSR count). The molecule has 0 aliphatic carbocycles. The number of guanidine groups is 1. The summed E-state index contributed by atoms with van der Waals surface area (Å²) in [5, 5.41) is 3.35. The Morgan fingerprint density at radius 3 is 2.74 bits per heavy atom. The number of fused-ring (bicyclic) bond motifs is 1. The number of hydrogen-bond donors (Lipinski definition) is 1. The standard InChI is InChI=1S/C20H26N4O2.HI/c1-4-21-20(23-13-17-15(2)6-5-9-22-17)24(3)14-16-7-8-18-19(12-16)26-11-10-25-18;/h5-9,12H,4,10-11,13-14H2,1-3H3,(H,21,23);1H. The fraction of sp³-hybridized carbons (Fsp3) is 0.400. The van der Waals surface area contributed by atoms with Crippen molar-refractivity contribution in [3.8, 4) is 11.5 Å². The third kappa shape index (κ3) is 5.72. The van der Waals surface area contributed by atoms with Crippen LogP contribution in [0.1, 0.15) is 23.7 Å². The summed E-state index contributed by atoms with van der Waals surface area (Å²) in [5.41, 5.74) is 3.30. The monoisotopic (exact) mass is 482 g/mol. The molecule has 0 bridgehead atoms. The Morgan fingerprint density at radius 2 is 2.00 bits per heavy atom. The molecular weight excluding hydrogens is 455 g/mol. The van der Waals surface area contributed by atoms with Gasteiger partial charge in [-0.25, -0.2) is 4.99 Å². The van der Waals surface area contributed by atoms with E-state index in [9.17, 15) is 0 Å². The van der Waals surface area contributed by atoms with Crippen molar-refractivity contribution in [3.05, 3.63) is 53.3 Å². The number of hydrogen-bond acceptors (Lipinski definition) is 4. The molecule has 1 N–H and O–H groups in total. The fourth-order valence-electron chi connectivity index (χ4n) is 2.84. The predicted octanol–water partition coefficient (Wildman–Crippen LogP) is 3.38. The average Bonchev–Trinajstić information content (AvgIpc) is 2.66. The quantitative estimate of drug-likeness (QED) is 0.403. The van der Waals surface area contributed by atoms with Crippen molar-refractivity contribution in [1.29, 1.82) is 0 Å². The lowest BCUT2D eigenvalue weighted by molar-refractivity contribution is 0.171. The first-order valence-corrected chi connectivity index (χ1v) is 8.96. The first kappa shape index (κ1) is 21.3. The summed E-state index contributed by atoms with van der Waals surface area (Å²) in [4.78, 5) is 11.3. The highest BCUT2D eigenvalue weighted by Crippen LogP contribution is 2.31. The van der Waals surface area contributed by atoms with Gasteiger partial charge in [-0.2, -0.15) is 0 Å². The molecule has 1 aromatic heterocycles. The van der Waals surface area contributed by atoms with E-state index in [1.54, 1.807) is 0 Å². The molecule has 7 heteroatoms. The van der Waals surface area contributed by atoms with Crippen molar-refractivity contribution in [2.24, 2.45) is 4.99 Å². The first-order chi connectivity index (χ1) is 12.7. The van der Waals surface area contributed by atoms with Crippen LogP contribution in [0, 0.1) is 6.92 Å². The molecule has 27 heavy (non-hydrogen) atoms. The number of aromatic nitrogens is 1. The minimum atomic E-state index is 0. The van der Waals surface area contributed by atoms with Crippen LogP contribution in [0.2, 0.25) is 0 Å². The Balaban J connectivity index is 0.00000261. The van der Waals surface area contributed by atoms with Crippen molar-refractivity contribution in [2.45, 2.75) is 26.9 Å². The number of pyridine rings is 1. The largest absolute Gasteiger partial charge is 0.486 e. The summed E-state index contributed by atoms with van der Waals surface area (Å²) >= 11 is 0. The van der Waals surface area contributed by atoms with Crippen LogP contribution >= 0.6 is 24.0 Å². The van der Waals surface area contributed by atoms with Gasteiger partial charge in [0.2, 0.25) is 0 Å². The Kier molecular flexibility index (Phi) is 8.15. The van der Waals surface area contributed by atoms with Crippen molar-refractivity contribution < 1.29 is 9.47 Å². The molecule has 0 saturated carbocycles. The average molecular weight is 482 g/mol. The summed E-state index contributed by atoms with van der Waals surface area (Å²) in [5.74, 6) is 2.48. The minimum Gasteiger partial charge on any atom is -0.486 e. The maximum absolute atomic E-state index is 5.67. The predicted molar refractivity (Wildman–Crippen MR) is 118 cm³/mol. The molecule has 0 unspecified atom stereocenters. The maximum atomic E-state index is 5.67. The SMILES string of the molecule is CCNC(=NCc1ncccc1C)N(C)Cc1ccc2c(c1)OCCO2.I. The number of ether oxygens (including phenoxy) is 2. The molecule has 0 spiro atoms. The third-order valence-electron chi connectivity index (χ3n) is 4.22. The molecule has 2 aromatic rings. The van der Waals surface area contributed by atoms with Crippen LogP contribution in [-0.2, 0) is 13.1 Å².